The molecule has 3 nitrogen and oxygen atoms in total. The van der Waals surface area contributed by atoms with Crippen molar-refractivity contribution in [2.24, 2.45) is 5.73 Å². The van der Waals surface area contributed by atoms with Gasteiger partial charge in [0.2, 0.25) is 0 Å². The van der Waals surface area contributed by atoms with Crippen LogP contribution >= 0.6 is 0 Å². The normalized spacial score (nSPS) is 19.7. The molecule has 0 amide bonds. The number of benzene rings is 1. The molecule has 2 aromatic rings. The minimum Gasteiger partial charge on any atom is -0.493 e. The lowest BCUT2D eigenvalue weighted by Crippen LogP contribution is -2.31. The van der Waals surface area contributed by atoms with Gasteiger partial charge in [-0.3, -0.25) is 0 Å². The Morgan fingerprint density at radius 1 is 1.24 bits per heavy atom. The van der Waals surface area contributed by atoms with Gasteiger partial charge in [0.05, 0.1) is 12.9 Å². The summed E-state index contributed by atoms with van der Waals surface area (Å²) in [4.78, 5) is 0. The van der Waals surface area contributed by atoms with Crippen LogP contribution in [-0.4, -0.2) is 12.6 Å². The molecular formula is C14H15NO2. The summed E-state index contributed by atoms with van der Waals surface area (Å²) >= 11 is 0. The van der Waals surface area contributed by atoms with Crippen molar-refractivity contribution in [1.29, 1.82) is 0 Å². The Kier molecular flexibility index (Phi) is 2.61. The maximum absolute atomic E-state index is 6.25. The quantitative estimate of drug-likeness (QED) is 0.878. The lowest BCUT2D eigenvalue weighted by Gasteiger charge is -2.16. The zero-order chi connectivity index (χ0) is 11.7. The fourth-order valence-corrected chi connectivity index (χ4v) is 2.35. The minimum atomic E-state index is 0.0322. The van der Waals surface area contributed by atoms with Gasteiger partial charge >= 0.3 is 0 Å². The highest BCUT2D eigenvalue weighted by Gasteiger charge is 2.29. The average molecular weight is 229 g/mol. The molecule has 3 heteroatoms. The van der Waals surface area contributed by atoms with E-state index in [2.05, 4.69) is 6.07 Å². The van der Waals surface area contributed by atoms with Crippen LogP contribution in [0.2, 0.25) is 0 Å². The molecule has 2 heterocycles. The third-order valence-corrected chi connectivity index (χ3v) is 3.27. The molecule has 1 aromatic heterocycles. The summed E-state index contributed by atoms with van der Waals surface area (Å²) < 4.78 is 11.0. The fraction of sp³-hybridized carbons (Fsp3) is 0.286. The highest BCUT2D eigenvalue weighted by Crippen LogP contribution is 2.35. The van der Waals surface area contributed by atoms with Gasteiger partial charge < -0.3 is 14.9 Å². The number of nitrogens with two attached hydrogens (primary N) is 1. The second-order valence-corrected chi connectivity index (χ2v) is 4.40. The predicted molar refractivity (Wildman–Crippen MR) is 65.1 cm³/mol. The number of hydrogen-bond acceptors (Lipinski definition) is 3. The molecular weight excluding hydrogens is 214 g/mol. The minimum absolute atomic E-state index is 0.0322. The number of rotatable bonds is 3. The standard InChI is InChI=1S/C14H15NO2/c15-13(8-10-4-3-7-16-10)12-9-17-14-6-2-1-5-11(12)14/h1-7,12-13H,8-9,15H2. The van der Waals surface area contributed by atoms with Crippen molar-refractivity contribution >= 4 is 0 Å². The predicted octanol–water partition coefficient (Wildman–Crippen LogP) is 2.33. The van der Waals surface area contributed by atoms with Crippen LogP contribution in [0.1, 0.15) is 17.2 Å². The molecule has 0 fully saturated rings. The maximum Gasteiger partial charge on any atom is 0.122 e. The van der Waals surface area contributed by atoms with E-state index in [9.17, 15) is 0 Å². The van der Waals surface area contributed by atoms with Crippen LogP contribution in [0.15, 0.2) is 47.1 Å². The summed E-state index contributed by atoms with van der Waals surface area (Å²) in [7, 11) is 0. The summed E-state index contributed by atoms with van der Waals surface area (Å²) in [5.74, 6) is 2.16. The van der Waals surface area contributed by atoms with Gasteiger partial charge in [0.25, 0.3) is 0 Å². The molecule has 2 N–H and O–H groups in total. The number of para-hydroxylation sites is 1. The van der Waals surface area contributed by atoms with Crippen LogP contribution in [0.4, 0.5) is 0 Å². The van der Waals surface area contributed by atoms with E-state index in [-0.39, 0.29) is 12.0 Å². The lowest BCUT2D eigenvalue weighted by atomic mass is 9.91. The van der Waals surface area contributed by atoms with Gasteiger partial charge in [0.15, 0.2) is 0 Å². The second-order valence-electron chi connectivity index (χ2n) is 4.40. The van der Waals surface area contributed by atoms with Gasteiger partial charge in [0.1, 0.15) is 11.5 Å². The van der Waals surface area contributed by atoms with E-state index in [1.54, 1.807) is 6.26 Å². The third-order valence-electron chi connectivity index (χ3n) is 3.27. The molecule has 0 bridgehead atoms. The van der Waals surface area contributed by atoms with Crippen molar-refractivity contribution in [2.75, 3.05) is 6.61 Å². The van der Waals surface area contributed by atoms with Crippen LogP contribution < -0.4 is 10.5 Å². The van der Waals surface area contributed by atoms with Crippen LogP contribution in [0.5, 0.6) is 5.75 Å². The summed E-state index contributed by atoms with van der Waals surface area (Å²) in [6.07, 6.45) is 2.43. The molecule has 0 saturated heterocycles. The Morgan fingerprint density at radius 3 is 2.94 bits per heavy atom. The van der Waals surface area contributed by atoms with Crippen molar-refractivity contribution in [3.63, 3.8) is 0 Å². The van der Waals surface area contributed by atoms with E-state index in [1.165, 1.54) is 5.56 Å². The molecule has 0 radical (unpaired) electrons. The zero-order valence-electron chi connectivity index (χ0n) is 9.50. The van der Waals surface area contributed by atoms with E-state index in [1.807, 2.05) is 30.3 Å². The molecule has 0 saturated carbocycles. The van der Waals surface area contributed by atoms with Gasteiger partial charge in [-0.15, -0.1) is 0 Å². The average Bonchev–Trinajstić information content (AvgIpc) is 2.96. The van der Waals surface area contributed by atoms with Crippen molar-refractivity contribution < 1.29 is 9.15 Å². The first-order valence-corrected chi connectivity index (χ1v) is 5.84. The van der Waals surface area contributed by atoms with Gasteiger partial charge in [0, 0.05) is 23.9 Å². The molecule has 0 aliphatic carbocycles. The molecule has 1 aliphatic heterocycles. The second kappa shape index (κ2) is 4.26. The van der Waals surface area contributed by atoms with Gasteiger partial charge in [-0.05, 0) is 18.2 Å². The summed E-state index contributed by atoms with van der Waals surface area (Å²) in [5.41, 5.74) is 7.46. The van der Waals surface area contributed by atoms with Crippen LogP contribution in [-0.2, 0) is 6.42 Å². The maximum atomic E-state index is 6.25. The SMILES string of the molecule is NC(Cc1ccco1)C1COc2ccccc21. The van der Waals surface area contributed by atoms with Crippen molar-refractivity contribution in [3.8, 4) is 5.75 Å². The highest BCUT2D eigenvalue weighted by atomic mass is 16.5. The Bertz CT molecular complexity index is 493. The van der Waals surface area contributed by atoms with Gasteiger partial charge in [-0.2, -0.15) is 0 Å². The Balaban J connectivity index is 1.78. The molecule has 1 aliphatic rings. The number of furan rings is 1. The Morgan fingerprint density at radius 2 is 2.12 bits per heavy atom. The first-order chi connectivity index (χ1) is 8.34. The van der Waals surface area contributed by atoms with Crippen LogP contribution in [0.3, 0.4) is 0 Å². The molecule has 2 atom stereocenters. The highest BCUT2D eigenvalue weighted by molar-refractivity contribution is 5.40. The van der Waals surface area contributed by atoms with E-state index in [4.69, 9.17) is 14.9 Å². The molecule has 17 heavy (non-hydrogen) atoms. The summed E-state index contributed by atoms with van der Waals surface area (Å²) in [6.45, 7) is 0.668. The molecule has 3 rings (SSSR count). The topological polar surface area (TPSA) is 48.4 Å². The van der Waals surface area contributed by atoms with E-state index in [0.29, 0.717) is 6.61 Å². The first kappa shape index (κ1) is 10.4. The van der Waals surface area contributed by atoms with Crippen molar-refractivity contribution in [3.05, 3.63) is 54.0 Å². The largest absolute Gasteiger partial charge is 0.493 e. The van der Waals surface area contributed by atoms with Crippen molar-refractivity contribution in [1.82, 2.24) is 0 Å². The monoisotopic (exact) mass is 229 g/mol. The van der Waals surface area contributed by atoms with Crippen LogP contribution in [0, 0.1) is 0 Å². The molecule has 1 aromatic carbocycles. The van der Waals surface area contributed by atoms with E-state index < -0.39 is 0 Å². The van der Waals surface area contributed by atoms with E-state index >= 15 is 0 Å². The molecule has 88 valence electrons. The third kappa shape index (κ3) is 1.94. The molecule has 2 unspecified atom stereocenters. The summed E-state index contributed by atoms with van der Waals surface area (Å²) in [6, 6.07) is 12.0. The summed E-state index contributed by atoms with van der Waals surface area (Å²) in [5, 5.41) is 0. The first-order valence-electron chi connectivity index (χ1n) is 5.84. The lowest BCUT2D eigenvalue weighted by molar-refractivity contribution is 0.309. The number of hydrogen-bond donors (Lipinski definition) is 1. The fourth-order valence-electron chi connectivity index (χ4n) is 2.35. The number of fused-ring (bicyclic) bond motifs is 1. The Labute approximate surface area is 100 Å². The van der Waals surface area contributed by atoms with Crippen molar-refractivity contribution in [2.45, 2.75) is 18.4 Å². The van der Waals surface area contributed by atoms with E-state index in [0.717, 1.165) is 17.9 Å². The smallest absolute Gasteiger partial charge is 0.122 e. The zero-order valence-corrected chi connectivity index (χ0v) is 9.50. The van der Waals surface area contributed by atoms with Gasteiger partial charge in [-0.25, -0.2) is 0 Å². The molecule has 0 spiro atoms. The van der Waals surface area contributed by atoms with Crippen LogP contribution in [0.25, 0.3) is 0 Å². The van der Waals surface area contributed by atoms with Gasteiger partial charge in [-0.1, -0.05) is 18.2 Å². The number of ether oxygens (including phenoxy) is 1. The Hall–Kier alpha value is -1.74.